The number of hydrogen-bond acceptors (Lipinski definition) is 6. The lowest BCUT2D eigenvalue weighted by Gasteiger charge is -2.11. The lowest BCUT2D eigenvalue weighted by Crippen LogP contribution is -2.24. The smallest absolute Gasteiger partial charge is 0.270 e. The SMILES string of the molecule is CCCCNc1nc(C)cc(C(=O)NCc2ccc(OC)c(OC)c2)n1. The summed E-state index contributed by atoms with van der Waals surface area (Å²) in [6.45, 7) is 5.11. The molecule has 26 heavy (non-hydrogen) atoms. The van der Waals surface area contributed by atoms with Gasteiger partial charge < -0.3 is 20.1 Å². The Morgan fingerprint density at radius 2 is 1.88 bits per heavy atom. The Labute approximate surface area is 154 Å². The number of methoxy groups -OCH3 is 2. The van der Waals surface area contributed by atoms with Crippen LogP contribution in [0, 0.1) is 6.92 Å². The van der Waals surface area contributed by atoms with Gasteiger partial charge in [0, 0.05) is 18.8 Å². The monoisotopic (exact) mass is 358 g/mol. The van der Waals surface area contributed by atoms with Gasteiger partial charge in [-0.15, -0.1) is 0 Å². The first-order valence-electron chi connectivity index (χ1n) is 8.66. The molecule has 1 aromatic heterocycles. The minimum Gasteiger partial charge on any atom is -0.493 e. The third kappa shape index (κ3) is 5.34. The molecule has 2 aromatic rings. The number of carbonyl (C=O) groups is 1. The molecule has 0 bridgehead atoms. The lowest BCUT2D eigenvalue weighted by atomic mass is 10.2. The summed E-state index contributed by atoms with van der Waals surface area (Å²) in [5.41, 5.74) is 2.00. The van der Waals surface area contributed by atoms with Gasteiger partial charge in [0.25, 0.3) is 5.91 Å². The molecule has 7 nitrogen and oxygen atoms in total. The van der Waals surface area contributed by atoms with Gasteiger partial charge in [0.1, 0.15) is 5.69 Å². The van der Waals surface area contributed by atoms with Crippen molar-refractivity contribution < 1.29 is 14.3 Å². The number of ether oxygens (including phenoxy) is 2. The number of benzene rings is 1. The number of aromatic nitrogens is 2. The second-order valence-electron chi connectivity index (χ2n) is 5.87. The quantitative estimate of drug-likeness (QED) is 0.671. The van der Waals surface area contributed by atoms with Crippen molar-refractivity contribution in [1.29, 1.82) is 0 Å². The Morgan fingerprint density at radius 3 is 2.58 bits per heavy atom. The van der Waals surface area contributed by atoms with E-state index in [4.69, 9.17) is 9.47 Å². The summed E-state index contributed by atoms with van der Waals surface area (Å²) in [4.78, 5) is 21.1. The van der Waals surface area contributed by atoms with Crippen LogP contribution in [0.1, 0.15) is 41.5 Å². The Kier molecular flexibility index (Phi) is 7.20. The molecule has 1 heterocycles. The molecule has 0 aliphatic carbocycles. The van der Waals surface area contributed by atoms with E-state index >= 15 is 0 Å². The molecule has 0 saturated heterocycles. The van der Waals surface area contributed by atoms with Crippen LogP contribution in [0.5, 0.6) is 11.5 Å². The van der Waals surface area contributed by atoms with E-state index in [0.29, 0.717) is 29.7 Å². The standard InChI is InChI=1S/C19H26N4O3/c1-5-6-9-20-19-22-13(2)10-15(23-19)18(24)21-12-14-7-8-16(25-3)17(11-14)26-4/h7-8,10-11H,5-6,9,12H2,1-4H3,(H,21,24)(H,20,22,23). The molecule has 1 amide bonds. The van der Waals surface area contributed by atoms with Crippen molar-refractivity contribution in [2.45, 2.75) is 33.2 Å². The zero-order chi connectivity index (χ0) is 18.9. The van der Waals surface area contributed by atoms with Crippen molar-refractivity contribution >= 4 is 11.9 Å². The van der Waals surface area contributed by atoms with Gasteiger partial charge in [-0.25, -0.2) is 9.97 Å². The number of nitrogens with zero attached hydrogens (tertiary/aromatic N) is 2. The molecule has 0 saturated carbocycles. The predicted molar refractivity (Wildman–Crippen MR) is 101 cm³/mol. The normalized spacial score (nSPS) is 10.3. The number of aryl methyl sites for hydroxylation is 1. The highest BCUT2D eigenvalue weighted by Gasteiger charge is 2.11. The van der Waals surface area contributed by atoms with Crippen LogP contribution in [0.15, 0.2) is 24.3 Å². The Bertz CT molecular complexity index is 750. The summed E-state index contributed by atoms with van der Waals surface area (Å²) in [7, 11) is 3.17. The fourth-order valence-corrected chi connectivity index (χ4v) is 2.40. The second kappa shape index (κ2) is 9.60. The molecule has 2 rings (SSSR count). The van der Waals surface area contributed by atoms with Crippen molar-refractivity contribution in [2.75, 3.05) is 26.1 Å². The van der Waals surface area contributed by atoms with E-state index in [1.54, 1.807) is 20.3 Å². The first kappa shape index (κ1) is 19.5. The van der Waals surface area contributed by atoms with E-state index < -0.39 is 0 Å². The Hall–Kier alpha value is -2.83. The van der Waals surface area contributed by atoms with Gasteiger partial charge in [0.2, 0.25) is 5.95 Å². The first-order chi connectivity index (χ1) is 12.6. The molecule has 0 aliphatic heterocycles. The van der Waals surface area contributed by atoms with Crippen LogP contribution >= 0.6 is 0 Å². The van der Waals surface area contributed by atoms with Crippen molar-refractivity contribution in [3.05, 3.63) is 41.2 Å². The molecule has 7 heteroatoms. The zero-order valence-electron chi connectivity index (χ0n) is 15.8. The molecule has 0 aliphatic rings. The molecule has 0 spiro atoms. The molecular weight excluding hydrogens is 332 g/mol. The van der Waals surface area contributed by atoms with Crippen molar-refractivity contribution in [3.63, 3.8) is 0 Å². The first-order valence-corrected chi connectivity index (χ1v) is 8.66. The molecule has 0 radical (unpaired) electrons. The van der Waals surface area contributed by atoms with Crippen LogP contribution in [-0.2, 0) is 6.54 Å². The maximum atomic E-state index is 12.4. The highest BCUT2D eigenvalue weighted by Crippen LogP contribution is 2.27. The largest absolute Gasteiger partial charge is 0.493 e. The molecule has 1 aromatic carbocycles. The summed E-state index contributed by atoms with van der Waals surface area (Å²) in [5, 5.41) is 6.02. The maximum Gasteiger partial charge on any atom is 0.270 e. The van der Waals surface area contributed by atoms with E-state index in [0.717, 1.165) is 30.6 Å². The van der Waals surface area contributed by atoms with Crippen molar-refractivity contribution in [3.8, 4) is 11.5 Å². The fourth-order valence-electron chi connectivity index (χ4n) is 2.40. The van der Waals surface area contributed by atoms with Crippen LogP contribution in [0.25, 0.3) is 0 Å². The van der Waals surface area contributed by atoms with Gasteiger partial charge in [-0.3, -0.25) is 4.79 Å². The molecule has 0 unspecified atom stereocenters. The third-order valence-corrected chi connectivity index (χ3v) is 3.80. The average molecular weight is 358 g/mol. The van der Waals surface area contributed by atoms with E-state index in [1.807, 2.05) is 25.1 Å². The number of hydrogen-bond donors (Lipinski definition) is 2. The van der Waals surface area contributed by atoms with Crippen LogP contribution in [0.3, 0.4) is 0 Å². The number of amides is 1. The van der Waals surface area contributed by atoms with E-state index in [2.05, 4.69) is 27.5 Å². The van der Waals surface area contributed by atoms with Gasteiger partial charge in [0.15, 0.2) is 11.5 Å². The van der Waals surface area contributed by atoms with Gasteiger partial charge in [-0.1, -0.05) is 19.4 Å². The molecule has 140 valence electrons. The van der Waals surface area contributed by atoms with Gasteiger partial charge in [-0.2, -0.15) is 0 Å². The Balaban J connectivity index is 2.03. The van der Waals surface area contributed by atoms with Crippen LogP contribution in [-0.4, -0.2) is 36.6 Å². The summed E-state index contributed by atoms with van der Waals surface area (Å²) < 4.78 is 10.5. The highest BCUT2D eigenvalue weighted by molar-refractivity contribution is 5.92. The summed E-state index contributed by atoms with van der Waals surface area (Å²) in [6.07, 6.45) is 2.11. The van der Waals surface area contributed by atoms with Gasteiger partial charge >= 0.3 is 0 Å². The van der Waals surface area contributed by atoms with Gasteiger partial charge in [-0.05, 0) is 37.1 Å². The van der Waals surface area contributed by atoms with Crippen molar-refractivity contribution in [1.82, 2.24) is 15.3 Å². The zero-order valence-corrected chi connectivity index (χ0v) is 15.8. The summed E-state index contributed by atoms with van der Waals surface area (Å²) >= 11 is 0. The number of nitrogens with one attached hydrogen (secondary N) is 2. The molecular formula is C19H26N4O3. The number of unbranched alkanes of at least 4 members (excludes halogenated alkanes) is 1. The predicted octanol–water partition coefficient (Wildman–Crippen LogP) is 2.94. The molecule has 0 fully saturated rings. The molecule has 2 N–H and O–H groups in total. The van der Waals surface area contributed by atoms with Crippen molar-refractivity contribution in [2.24, 2.45) is 0 Å². The second-order valence-corrected chi connectivity index (χ2v) is 5.87. The van der Waals surface area contributed by atoms with Crippen LogP contribution in [0.2, 0.25) is 0 Å². The lowest BCUT2D eigenvalue weighted by molar-refractivity contribution is 0.0945. The number of rotatable bonds is 9. The Morgan fingerprint density at radius 1 is 1.12 bits per heavy atom. The summed E-state index contributed by atoms with van der Waals surface area (Å²) in [5.74, 6) is 1.51. The number of anilines is 1. The molecule has 0 atom stereocenters. The van der Waals surface area contributed by atoms with Gasteiger partial charge in [0.05, 0.1) is 14.2 Å². The average Bonchev–Trinajstić information content (AvgIpc) is 2.65. The van der Waals surface area contributed by atoms with E-state index in [-0.39, 0.29) is 5.91 Å². The minimum absolute atomic E-state index is 0.246. The van der Waals surface area contributed by atoms with Crippen LogP contribution in [0.4, 0.5) is 5.95 Å². The van der Waals surface area contributed by atoms with E-state index in [1.165, 1.54) is 0 Å². The minimum atomic E-state index is -0.246. The fraction of sp³-hybridized carbons (Fsp3) is 0.421. The third-order valence-electron chi connectivity index (χ3n) is 3.80. The number of carbonyl (C=O) groups excluding carboxylic acids is 1. The van der Waals surface area contributed by atoms with Crippen LogP contribution < -0.4 is 20.1 Å². The topological polar surface area (TPSA) is 85.4 Å². The summed E-state index contributed by atoms with van der Waals surface area (Å²) in [6, 6.07) is 7.20. The van der Waals surface area contributed by atoms with E-state index in [9.17, 15) is 4.79 Å². The highest BCUT2D eigenvalue weighted by atomic mass is 16.5. The maximum absolute atomic E-state index is 12.4.